The number of hydrogen-bond acceptors (Lipinski definition) is 13. The lowest BCUT2D eigenvalue weighted by Gasteiger charge is -2.69. The summed E-state index contributed by atoms with van der Waals surface area (Å²) in [5, 5.41) is 30.1. The van der Waals surface area contributed by atoms with Crippen LogP contribution in [0, 0.1) is 23.2 Å². The molecule has 5 aliphatic rings. The van der Waals surface area contributed by atoms with Crippen LogP contribution >= 0.6 is 11.3 Å². The van der Waals surface area contributed by atoms with Gasteiger partial charge in [0.25, 0.3) is 5.91 Å². The van der Waals surface area contributed by atoms with Crippen molar-refractivity contribution in [2.75, 3.05) is 29.9 Å². The van der Waals surface area contributed by atoms with Gasteiger partial charge in [0, 0.05) is 55.2 Å². The zero-order valence-corrected chi connectivity index (χ0v) is 42.5. The monoisotopic (exact) mass is 990 g/mol. The number of benzene rings is 2. The molecule has 4 saturated carbocycles. The van der Waals surface area contributed by atoms with Gasteiger partial charge in [0.1, 0.15) is 11.4 Å². The van der Waals surface area contributed by atoms with Gasteiger partial charge in [0.15, 0.2) is 10.8 Å². The van der Waals surface area contributed by atoms with Crippen molar-refractivity contribution >= 4 is 62.2 Å². The predicted molar refractivity (Wildman–Crippen MR) is 270 cm³/mol. The minimum absolute atomic E-state index is 0.00272. The smallest absolute Gasteiger partial charge is 0.355 e. The molecule has 4 aliphatic carbocycles. The molecule has 18 heteroatoms. The lowest BCUT2D eigenvalue weighted by molar-refractivity contribution is -0.246. The largest absolute Gasteiger partial charge is 0.481 e. The summed E-state index contributed by atoms with van der Waals surface area (Å²) < 4.78 is 14.8. The fraction of sp³-hybridized carbons (Fsp3) is 0.509. The molecular weight excluding hydrogens is 925 g/mol. The third kappa shape index (κ3) is 11.4. The number of nitrogens with two attached hydrogens (primary N) is 1. The molecule has 0 radical (unpaired) electrons. The summed E-state index contributed by atoms with van der Waals surface area (Å²) in [5.41, 5.74) is 10.8. The molecule has 6 N–H and O–H groups in total. The van der Waals surface area contributed by atoms with Gasteiger partial charge in [-0.25, -0.2) is 14.8 Å². The van der Waals surface area contributed by atoms with Crippen LogP contribution in [-0.4, -0.2) is 96.6 Å². The molecule has 71 heavy (non-hydrogen) atoms. The summed E-state index contributed by atoms with van der Waals surface area (Å²) in [6.45, 7) is 17.1. The molecule has 1 aliphatic heterocycles. The number of aromatic nitrogens is 4. The van der Waals surface area contributed by atoms with Crippen LogP contribution in [0.3, 0.4) is 0 Å². The normalized spacial score (nSPS) is 23.6. The first-order valence-corrected chi connectivity index (χ1v) is 25.2. The van der Waals surface area contributed by atoms with Gasteiger partial charge in [-0.2, -0.15) is 5.10 Å². The highest BCUT2D eigenvalue weighted by molar-refractivity contribution is 7.22. The lowest BCUT2D eigenvalue weighted by Crippen LogP contribution is -2.64. The van der Waals surface area contributed by atoms with Crippen molar-refractivity contribution in [2.24, 2.45) is 22.0 Å². The van der Waals surface area contributed by atoms with Crippen molar-refractivity contribution in [3.63, 3.8) is 0 Å². The second kappa shape index (κ2) is 19.8. The topological polar surface area (TPSA) is 241 Å². The maximum Gasteiger partial charge on any atom is 0.355 e. The molecule has 3 atom stereocenters. The Kier molecular flexibility index (Phi) is 14.2. The molecule has 4 fully saturated rings. The Morgan fingerprint density at radius 1 is 0.915 bits per heavy atom. The number of carboxylic acids is 2. The minimum atomic E-state index is -1.14. The van der Waals surface area contributed by atoms with E-state index in [1.54, 1.807) is 20.8 Å². The number of thiazole rings is 1. The molecule has 0 spiro atoms. The van der Waals surface area contributed by atoms with Gasteiger partial charge in [0.05, 0.1) is 40.9 Å². The zero-order valence-electron chi connectivity index (χ0n) is 41.7. The first-order chi connectivity index (χ1) is 33.5. The van der Waals surface area contributed by atoms with E-state index < -0.39 is 41.9 Å². The lowest BCUT2D eigenvalue weighted by atomic mass is 9.39. The fourth-order valence-electron chi connectivity index (χ4n) is 12.9. The average molecular weight is 991 g/mol. The third-order valence-electron chi connectivity index (χ3n) is 14.3. The number of nitrogens with zero attached hydrogens (tertiary/aromatic N) is 5. The number of anilines is 2. The molecule has 0 saturated heterocycles. The van der Waals surface area contributed by atoms with Crippen LogP contribution in [0.2, 0.25) is 0 Å². The molecule has 2 amide bonds. The zero-order chi connectivity index (χ0) is 51.1. The maximum atomic E-state index is 13.6. The van der Waals surface area contributed by atoms with Crippen molar-refractivity contribution in [1.29, 1.82) is 0 Å². The number of aromatic carboxylic acids is 1. The second-order valence-electron chi connectivity index (χ2n) is 21.9. The van der Waals surface area contributed by atoms with E-state index in [1.807, 2.05) is 61.7 Å². The van der Waals surface area contributed by atoms with Crippen LogP contribution < -0.4 is 21.3 Å². The van der Waals surface area contributed by atoms with E-state index in [-0.39, 0.29) is 46.4 Å². The summed E-state index contributed by atoms with van der Waals surface area (Å²) in [4.78, 5) is 70.5. The number of fused-ring (bicyclic) bond motifs is 2. The number of carbonyl (C=O) groups excluding carboxylic acids is 3. The van der Waals surface area contributed by atoms with E-state index in [9.17, 15) is 29.1 Å². The van der Waals surface area contributed by atoms with Crippen LogP contribution in [-0.2, 0) is 43.4 Å². The Labute approximate surface area is 417 Å². The Balaban J connectivity index is 0.000000322. The van der Waals surface area contributed by atoms with Crippen LogP contribution in [0.1, 0.15) is 131 Å². The Bertz CT molecular complexity index is 2820. The van der Waals surface area contributed by atoms with E-state index in [1.165, 1.54) is 30.6 Å². The van der Waals surface area contributed by atoms with E-state index in [2.05, 4.69) is 52.0 Å². The SMILES string of the molecule is CC(C)(C)OC(=O)CCN[C@@H](CC(=O)O)C(N)=O.CCOC12CC3(C)CC(C)(CC(Cn4ncc(-c5ccc(N6CCc7cccc(C(=O)Nc8nc9ccccc9s8)c7C6)nc5C(=O)O)c4C)(C3)C1)C2. The van der Waals surface area contributed by atoms with Gasteiger partial charge in [-0.05, 0) is 137 Å². The molecule has 4 heterocycles. The number of esters is 1. The molecular formula is C53H66N8O9S. The van der Waals surface area contributed by atoms with Crippen molar-refractivity contribution in [2.45, 2.75) is 137 Å². The Morgan fingerprint density at radius 3 is 2.31 bits per heavy atom. The van der Waals surface area contributed by atoms with Gasteiger partial charge < -0.3 is 35.6 Å². The number of carboxylic acid groups (broad SMARTS) is 2. The van der Waals surface area contributed by atoms with Crippen molar-refractivity contribution < 1.29 is 43.7 Å². The number of carbonyl (C=O) groups is 5. The second-order valence-corrected chi connectivity index (χ2v) is 22.9. The number of rotatable bonds is 16. The summed E-state index contributed by atoms with van der Waals surface area (Å²) in [5.74, 6) is -3.05. The molecule has 2 aromatic carbocycles. The number of nitrogens with one attached hydrogen (secondary N) is 2. The predicted octanol–water partition coefficient (Wildman–Crippen LogP) is 8.17. The summed E-state index contributed by atoms with van der Waals surface area (Å²) in [6, 6.07) is 16.4. The molecule has 3 aromatic heterocycles. The molecule has 2 unspecified atom stereocenters. The average Bonchev–Trinajstić information content (AvgIpc) is 3.84. The van der Waals surface area contributed by atoms with E-state index in [0.717, 1.165) is 65.0 Å². The van der Waals surface area contributed by atoms with Gasteiger partial charge in [0.2, 0.25) is 5.91 Å². The summed E-state index contributed by atoms with van der Waals surface area (Å²) in [7, 11) is 0. The van der Waals surface area contributed by atoms with Gasteiger partial charge in [-0.3, -0.25) is 29.2 Å². The Hall–Kier alpha value is -6.24. The standard InChI is InChI=1S/C42H46N6O4S.C11H20N2O5/c1-5-52-42-22-39(3)19-40(4,23-42)21-41(20-39,24-42)25-48-26(2)30(17-43-48)28-13-14-34(45-35(28)37(50)51)47-16-15-27-9-8-10-29(31(27)18-47)36(49)46-38-44-32-11-6-7-12-33(32)53-38;1-11(2,3)18-9(16)4-5-13-7(10(12)17)6-8(14)15/h6-14,17H,5,15-16,18-25H2,1-4H3,(H,50,51)(H,44,46,49);7,13H,4-6H2,1-3H3,(H2,12,17)(H,14,15)/t;7-/m.0/s1. The fourth-order valence-corrected chi connectivity index (χ4v) is 13.8. The number of primary amides is 1. The minimum Gasteiger partial charge on any atom is -0.481 e. The molecule has 4 bridgehead atoms. The third-order valence-corrected chi connectivity index (χ3v) is 15.2. The quantitative estimate of drug-likeness (QED) is 0.0586. The van der Waals surface area contributed by atoms with Crippen molar-refractivity contribution in [3.05, 3.63) is 88.9 Å². The van der Waals surface area contributed by atoms with Crippen molar-refractivity contribution in [1.82, 2.24) is 25.1 Å². The van der Waals surface area contributed by atoms with Gasteiger partial charge >= 0.3 is 17.9 Å². The highest BCUT2D eigenvalue weighted by atomic mass is 32.1. The van der Waals surface area contributed by atoms with E-state index in [4.69, 9.17) is 30.4 Å². The van der Waals surface area contributed by atoms with Gasteiger partial charge in [-0.1, -0.05) is 49.4 Å². The number of ether oxygens (including phenoxy) is 2. The van der Waals surface area contributed by atoms with Crippen LogP contribution in [0.4, 0.5) is 10.9 Å². The molecule has 5 aromatic rings. The first-order valence-electron chi connectivity index (χ1n) is 24.4. The highest BCUT2D eigenvalue weighted by Crippen LogP contribution is 2.72. The molecule has 378 valence electrons. The summed E-state index contributed by atoms with van der Waals surface area (Å²) >= 11 is 1.45. The van der Waals surface area contributed by atoms with E-state index in [0.29, 0.717) is 41.6 Å². The Morgan fingerprint density at radius 2 is 1.65 bits per heavy atom. The van der Waals surface area contributed by atoms with Crippen LogP contribution in [0.5, 0.6) is 0 Å². The highest BCUT2D eigenvalue weighted by Gasteiger charge is 2.66. The first kappa shape index (κ1) is 51.1. The summed E-state index contributed by atoms with van der Waals surface area (Å²) in [6.07, 6.45) is 9.06. The maximum absolute atomic E-state index is 13.6. The van der Waals surface area contributed by atoms with Crippen LogP contribution in [0.25, 0.3) is 21.3 Å². The van der Waals surface area contributed by atoms with E-state index >= 15 is 0 Å². The molecule has 17 nitrogen and oxygen atoms in total. The number of para-hydroxylation sites is 1. The number of amides is 2. The number of aliphatic carboxylic acids is 1. The number of hydrogen-bond donors (Lipinski definition) is 5. The van der Waals surface area contributed by atoms with Gasteiger partial charge in [-0.15, -0.1) is 0 Å². The number of pyridine rings is 1. The molecule has 10 rings (SSSR count). The van der Waals surface area contributed by atoms with Crippen LogP contribution in [0.15, 0.2) is 60.8 Å². The van der Waals surface area contributed by atoms with Crippen molar-refractivity contribution in [3.8, 4) is 11.1 Å².